The van der Waals surface area contributed by atoms with Crippen molar-refractivity contribution in [1.29, 1.82) is 0 Å². The molecule has 3 N–H and O–H groups in total. The van der Waals surface area contributed by atoms with Gasteiger partial charge in [0.15, 0.2) is 0 Å². The number of rotatable bonds is 9. The van der Waals surface area contributed by atoms with Crippen LogP contribution in [0.3, 0.4) is 0 Å². The first-order valence-corrected chi connectivity index (χ1v) is 6.56. The topological polar surface area (TPSA) is 108 Å². The summed E-state index contributed by atoms with van der Waals surface area (Å²) in [5.74, 6) is -1.25. The van der Waals surface area contributed by atoms with Crippen LogP contribution in [-0.2, 0) is 14.3 Å². The average Bonchev–Trinajstić information content (AvgIpc) is 3.21. The zero-order chi connectivity index (χ0) is 15.0. The van der Waals surface area contributed by atoms with Gasteiger partial charge in [0.25, 0.3) is 0 Å². The van der Waals surface area contributed by atoms with Gasteiger partial charge in [0.05, 0.1) is 19.6 Å². The van der Waals surface area contributed by atoms with Crippen LogP contribution in [0.4, 0.5) is 4.79 Å². The molecule has 1 saturated carbocycles. The van der Waals surface area contributed by atoms with Crippen LogP contribution >= 0.6 is 0 Å². The molecule has 0 saturated heterocycles. The Labute approximate surface area is 117 Å². The van der Waals surface area contributed by atoms with Crippen molar-refractivity contribution >= 4 is 17.9 Å². The summed E-state index contributed by atoms with van der Waals surface area (Å²) in [6.45, 7) is 0.832. The molecule has 0 aromatic heterocycles. The van der Waals surface area contributed by atoms with E-state index in [1.54, 1.807) is 0 Å². The van der Waals surface area contributed by atoms with Crippen LogP contribution in [0, 0.1) is 0 Å². The van der Waals surface area contributed by atoms with E-state index in [-0.39, 0.29) is 31.5 Å². The predicted octanol–water partition coefficient (Wildman–Crippen LogP) is -0.602. The molecular weight excluding hydrogens is 266 g/mol. The Morgan fingerprint density at radius 3 is 2.55 bits per heavy atom. The summed E-state index contributed by atoms with van der Waals surface area (Å²) in [7, 11) is 1.53. The highest BCUT2D eigenvalue weighted by Crippen LogP contribution is 2.26. The third-order valence-corrected chi connectivity index (χ3v) is 2.84. The smallest absolute Gasteiger partial charge is 0.318 e. The highest BCUT2D eigenvalue weighted by molar-refractivity contribution is 5.84. The van der Waals surface area contributed by atoms with Crippen LogP contribution < -0.4 is 10.6 Å². The van der Waals surface area contributed by atoms with Gasteiger partial charge in [-0.15, -0.1) is 0 Å². The van der Waals surface area contributed by atoms with E-state index in [0.29, 0.717) is 13.2 Å². The number of carboxylic acid groups (broad SMARTS) is 1. The first kappa shape index (κ1) is 16.2. The molecule has 1 aliphatic rings. The Hall–Kier alpha value is -1.83. The van der Waals surface area contributed by atoms with Gasteiger partial charge in [0.1, 0.15) is 0 Å². The van der Waals surface area contributed by atoms with Crippen LogP contribution in [-0.4, -0.2) is 67.3 Å². The maximum Gasteiger partial charge on any atom is 0.318 e. The standard InChI is InChI=1S/C12H21N3O5/c1-20-7-5-13-10(16)8-14-12(19)15(9-2-3-9)6-4-11(17)18/h9H,2-8H2,1H3,(H,13,16)(H,14,19)(H,17,18). The fourth-order valence-corrected chi connectivity index (χ4v) is 1.66. The minimum Gasteiger partial charge on any atom is -0.481 e. The molecule has 20 heavy (non-hydrogen) atoms. The first-order valence-electron chi connectivity index (χ1n) is 6.56. The van der Waals surface area contributed by atoms with Crippen LogP contribution in [0.25, 0.3) is 0 Å². The van der Waals surface area contributed by atoms with E-state index >= 15 is 0 Å². The molecule has 0 spiro atoms. The van der Waals surface area contributed by atoms with Crippen molar-refractivity contribution in [2.24, 2.45) is 0 Å². The van der Waals surface area contributed by atoms with Gasteiger partial charge < -0.3 is 25.4 Å². The number of nitrogens with one attached hydrogen (secondary N) is 2. The van der Waals surface area contributed by atoms with Gasteiger partial charge in [0.2, 0.25) is 5.91 Å². The molecule has 0 aliphatic heterocycles. The zero-order valence-electron chi connectivity index (χ0n) is 11.6. The molecule has 114 valence electrons. The predicted molar refractivity (Wildman–Crippen MR) is 70.3 cm³/mol. The quantitative estimate of drug-likeness (QED) is 0.491. The van der Waals surface area contributed by atoms with Crippen molar-refractivity contribution in [2.45, 2.75) is 25.3 Å². The Kier molecular flexibility index (Phi) is 6.78. The number of carboxylic acids is 1. The number of hydrogen-bond donors (Lipinski definition) is 3. The van der Waals surface area contributed by atoms with Crippen molar-refractivity contribution in [3.05, 3.63) is 0 Å². The number of nitrogens with zero attached hydrogens (tertiary/aromatic N) is 1. The van der Waals surface area contributed by atoms with E-state index in [4.69, 9.17) is 9.84 Å². The SMILES string of the molecule is COCCNC(=O)CNC(=O)N(CCC(=O)O)C1CC1. The van der Waals surface area contributed by atoms with Gasteiger partial charge >= 0.3 is 12.0 Å². The molecule has 0 aromatic rings. The number of ether oxygens (including phenoxy) is 1. The van der Waals surface area contributed by atoms with E-state index in [1.807, 2.05) is 0 Å². The van der Waals surface area contributed by atoms with Crippen LogP contribution in [0.15, 0.2) is 0 Å². The second-order valence-corrected chi connectivity index (χ2v) is 4.57. The van der Waals surface area contributed by atoms with Gasteiger partial charge in [0, 0.05) is 26.2 Å². The maximum absolute atomic E-state index is 11.9. The van der Waals surface area contributed by atoms with Crippen molar-refractivity contribution in [1.82, 2.24) is 15.5 Å². The van der Waals surface area contributed by atoms with E-state index in [0.717, 1.165) is 12.8 Å². The summed E-state index contributed by atoms with van der Waals surface area (Å²) in [6.07, 6.45) is 1.67. The number of aliphatic carboxylic acids is 1. The van der Waals surface area contributed by atoms with Gasteiger partial charge in [-0.05, 0) is 12.8 Å². The van der Waals surface area contributed by atoms with Gasteiger partial charge in [-0.25, -0.2) is 4.79 Å². The van der Waals surface area contributed by atoms with Crippen LogP contribution in [0.5, 0.6) is 0 Å². The minimum atomic E-state index is -0.944. The molecule has 0 aromatic carbocycles. The Morgan fingerprint density at radius 1 is 1.30 bits per heavy atom. The molecule has 0 unspecified atom stereocenters. The number of urea groups is 1. The van der Waals surface area contributed by atoms with Gasteiger partial charge in [-0.3, -0.25) is 9.59 Å². The lowest BCUT2D eigenvalue weighted by Gasteiger charge is -2.21. The monoisotopic (exact) mass is 287 g/mol. The Morgan fingerprint density at radius 2 is 2.00 bits per heavy atom. The van der Waals surface area contributed by atoms with Crippen molar-refractivity contribution in [3.8, 4) is 0 Å². The van der Waals surface area contributed by atoms with Crippen LogP contribution in [0.1, 0.15) is 19.3 Å². The molecule has 0 heterocycles. The molecule has 8 heteroatoms. The molecule has 3 amide bonds. The summed E-state index contributed by atoms with van der Waals surface area (Å²) in [6, 6.07) is -0.290. The number of carbonyl (C=O) groups excluding carboxylic acids is 2. The molecule has 8 nitrogen and oxygen atoms in total. The Bertz CT molecular complexity index is 357. The average molecular weight is 287 g/mol. The van der Waals surface area contributed by atoms with E-state index < -0.39 is 12.0 Å². The molecular formula is C12H21N3O5. The van der Waals surface area contributed by atoms with E-state index in [9.17, 15) is 14.4 Å². The fourth-order valence-electron chi connectivity index (χ4n) is 1.66. The lowest BCUT2D eigenvalue weighted by Crippen LogP contribution is -2.46. The van der Waals surface area contributed by atoms with Crippen molar-refractivity contribution in [2.75, 3.05) is 33.4 Å². The maximum atomic E-state index is 11.9. The lowest BCUT2D eigenvalue weighted by atomic mass is 10.4. The molecule has 1 aliphatic carbocycles. The summed E-state index contributed by atoms with van der Waals surface area (Å²) in [4.78, 5) is 35.3. The first-order chi connectivity index (χ1) is 9.54. The molecule has 1 rings (SSSR count). The fraction of sp³-hybridized carbons (Fsp3) is 0.750. The van der Waals surface area contributed by atoms with E-state index in [2.05, 4.69) is 10.6 Å². The van der Waals surface area contributed by atoms with Gasteiger partial charge in [-0.2, -0.15) is 0 Å². The number of hydrogen-bond acceptors (Lipinski definition) is 4. The van der Waals surface area contributed by atoms with E-state index in [1.165, 1.54) is 12.0 Å². The van der Waals surface area contributed by atoms with Crippen molar-refractivity contribution < 1.29 is 24.2 Å². The molecule has 0 radical (unpaired) electrons. The summed E-state index contributed by atoms with van der Waals surface area (Å²) >= 11 is 0. The minimum absolute atomic E-state index is 0.0933. The molecule has 0 bridgehead atoms. The van der Waals surface area contributed by atoms with Crippen LogP contribution in [0.2, 0.25) is 0 Å². The number of carbonyl (C=O) groups is 3. The third kappa shape index (κ3) is 6.37. The highest BCUT2D eigenvalue weighted by Gasteiger charge is 2.32. The highest BCUT2D eigenvalue weighted by atomic mass is 16.5. The Balaban J connectivity index is 2.27. The van der Waals surface area contributed by atoms with Gasteiger partial charge in [-0.1, -0.05) is 0 Å². The lowest BCUT2D eigenvalue weighted by molar-refractivity contribution is -0.137. The third-order valence-electron chi connectivity index (χ3n) is 2.84. The summed E-state index contributed by atoms with van der Waals surface area (Å²) in [5.41, 5.74) is 0. The second-order valence-electron chi connectivity index (χ2n) is 4.57. The summed E-state index contributed by atoms with van der Waals surface area (Å²) < 4.78 is 4.78. The number of amides is 3. The number of methoxy groups -OCH3 is 1. The summed E-state index contributed by atoms with van der Waals surface area (Å²) in [5, 5.41) is 13.7. The second kappa shape index (κ2) is 8.36. The zero-order valence-corrected chi connectivity index (χ0v) is 11.6. The van der Waals surface area contributed by atoms with Crippen molar-refractivity contribution in [3.63, 3.8) is 0 Å². The largest absolute Gasteiger partial charge is 0.481 e. The normalized spacial score (nSPS) is 13.7. The molecule has 1 fully saturated rings. The molecule has 0 atom stereocenters.